The fourth-order valence-electron chi connectivity index (χ4n) is 4.11. The van der Waals surface area contributed by atoms with Gasteiger partial charge in [-0.2, -0.15) is 0 Å². The van der Waals surface area contributed by atoms with Crippen LogP contribution >= 0.6 is 0 Å². The number of pyridine rings is 1. The molecule has 0 spiro atoms. The van der Waals surface area contributed by atoms with Crippen molar-refractivity contribution >= 4 is 16.9 Å². The van der Waals surface area contributed by atoms with Crippen LogP contribution in [0.3, 0.4) is 0 Å². The van der Waals surface area contributed by atoms with Crippen LogP contribution in [-0.2, 0) is 24.2 Å². The predicted molar refractivity (Wildman–Crippen MR) is 113 cm³/mol. The van der Waals surface area contributed by atoms with Crippen LogP contribution in [0.1, 0.15) is 46.1 Å². The highest BCUT2D eigenvalue weighted by Crippen LogP contribution is 2.15. The third kappa shape index (κ3) is 3.96. The molecule has 2 heterocycles. The van der Waals surface area contributed by atoms with Crippen molar-refractivity contribution in [2.45, 2.75) is 39.8 Å². The Labute approximate surface area is 170 Å². The van der Waals surface area contributed by atoms with Crippen molar-refractivity contribution < 1.29 is 14.4 Å². The van der Waals surface area contributed by atoms with Gasteiger partial charge in [-0.1, -0.05) is 31.2 Å². The molecular weight excluding hydrogens is 364 g/mol. The minimum Gasteiger partial charge on any atom is -0.462 e. The van der Waals surface area contributed by atoms with Crippen molar-refractivity contribution in [1.29, 1.82) is 0 Å². The number of rotatable bonds is 5. The number of hydrogen-bond acceptors (Lipinski definition) is 3. The van der Waals surface area contributed by atoms with E-state index in [4.69, 9.17) is 4.74 Å². The molecule has 2 N–H and O–H groups in total. The van der Waals surface area contributed by atoms with Gasteiger partial charge in [-0.3, -0.25) is 4.79 Å². The Morgan fingerprint density at radius 2 is 1.97 bits per heavy atom. The Bertz CT molecular complexity index is 1120. The van der Waals surface area contributed by atoms with Crippen LogP contribution in [-0.4, -0.2) is 24.1 Å². The van der Waals surface area contributed by atoms with Crippen LogP contribution in [0.5, 0.6) is 0 Å². The Morgan fingerprint density at radius 1 is 1.17 bits per heavy atom. The highest BCUT2D eigenvalue weighted by atomic mass is 16.5. The number of nitrogens with one attached hydrogen (secondary N) is 2. The largest absolute Gasteiger partial charge is 0.462 e. The minimum absolute atomic E-state index is 0.00718. The number of quaternary nitrogens is 1. The molecule has 0 saturated heterocycles. The molecule has 4 rings (SSSR count). The zero-order chi connectivity index (χ0) is 20.4. The second-order valence-corrected chi connectivity index (χ2v) is 7.83. The van der Waals surface area contributed by atoms with E-state index in [1.165, 1.54) is 16.0 Å². The van der Waals surface area contributed by atoms with Gasteiger partial charge in [-0.15, -0.1) is 0 Å². The number of carbonyl (C=O) groups excluding carboxylic acids is 1. The van der Waals surface area contributed by atoms with Gasteiger partial charge in [0.15, 0.2) is 5.43 Å². The first-order chi connectivity index (χ1) is 14.1. The lowest BCUT2D eigenvalue weighted by Gasteiger charge is -2.26. The average Bonchev–Trinajstić information content (AvgIpc) is 2.74. The third-order valence-electron chi connectivity index (χ3n) is 5.72. The molecule has 29 heavy (non-hydrogen) atoms. The number of aryl methyl sites for hydroxylation is 1. The molecule has 0 saturated carbocycles. The summed E-state index contributed by atoms with van der Waals surface area (Å²) in [5.41, 5.74) is 5.65. The highest BCUT2D eigenvalue weighted by Gasteiger charge is 2.22. The molecule has 1 aliphatic heterocycles. The summed E-state index contributed by atoms with van der Waals surface area (Å²) in [5.74, 6) is -0.381. The van der Waals surface area contributed by atoms with Gasteiger partial charge in [0.1, 0.15) is 13.1 Å². The molecule has 0 radical (unpaired) electrons. The van der Waals surface area contributed by atoms with Crippen LogP contribution in [0.15, 0.2) is 47.3 Å². The van der Waals surface area contributed by atoms with Crippen molar-refractivity contribution in [2.24, 2.45) is 0 Å². The molecule has 3 aromatic rings. The Hall–Kier alpha value is -2.92. The third-order valence-corrected chi connectivity index (χ3v) is 5.72. The summed E-state index contributed by atoms with van der Waals surface area (Å²) in [6.07, 6.45) is 1.80. The zero-order valence-corrected chi connectivity index (χ0v) is 17.0. The first-order valence-corrected chi connectivity index (χ1v) is 10.3. The molecular formula is C24H27N2O3+. The summed E-state index contributed by atoms with van der Waals surface area (Å²) in [4.78, 5) is 30.2. The number of aromatic amines is 1. The minimum atomic E-state index is -0.381. The first kappa shape index (κ1) is 19.4. The van der Waals surface area contributed by atoms with E-state index in [1.807, 2.05) is 13.8 Å². The lowest BCUT2D eigenvalue weighted by Crippen LogP contribution is -3.10. The number of esters is 1. The van der Waals surface area contributed by atoms with Gasteiger partial charge in [0.05, 0.1) is 24.3 Å². The standard InChI is InChI=1S/C24H26N2O3/c1-3-12-29-24(28)18-8-9-22-20(13-18)23(27)21(16(2)25-22)15-26-11-10-17-6-4-5-7-19(17)14-26/h4-9,13H,3,10-12,14-15H2,1-2H3,(H,25,27)/p+1. The fraction of sp³-hybridized carbons (Fsp3) is 0.333. The van der Waals surface area contributed by atoms with E-state index in [1.54, 1.807) is 18.2 Å². The van der Waals surface area contributed by atoms with E-state index in [2.05, 4.69) is 29.2 Å². The van der Waals surface area contributed by atoms with E-state index >= 15 is 0 Å². The maximum atomic E-state index is 13.3. The SMILES string of the molecule is CCCOC(=O)c1ccc2[nH]c(C)c(C[NH+]3CCc4ccccc4C3)c(=O)c2c1. The smallest absolute Gasteiger partial charge is 0.338 e. The predicted octanol–water partition coefficient (Wildman–Crippen LogP) is 2.54. The summed E-state index contributed by atoms with van der Waals surface area (Å²) in [5, 5.41) is 0.549. The Morgan fingerprint density at radius 3 is 2.76 bits per heavy atom. The maximum Gasteiger partial charge on any atom is 0.338 e. The molecule has 150 valence electrons. The quantitative estimate of drug-likeness (QED) is 0.657. The van der Waals surface area contributed by atoms with Crippen LogP contribution in [0, 0.1) is 6.92 Å². The van der Waals surface area contributed by atoms with Crippen molar-refractivity contribution in [3.8, 4) is 0 Å². The van der Waals surface area contributed by atoms with Gasteiger partial charge >= 0.3 is 5.97 Å². The highest BCUT2D eigenvalue weighted by molar-refractivity contribution is 5.94. The first-order valence-electron chi connectivity index (χ1n) is 10.3. The molecule has 5 nitrogen and oxygen atoms in total. The van der Waals surface area contributed by atoms with E-state index < -0.39 is 0 Å². The van der Waals surface area contributed by atoms with Crippen molar-refractivity contribution in [2.75, 3.05) is 13.2 Å². The Kier molecular flexibility index (Phi) is 5.49. The molecule has 5 heteroatoms. The lowest BCUT2D eigenvalue weighted by atomic mass is 9.99. The van der Waals surface area contributed by atoms with Gasteiger partial charge in [-0.05, 0) is 37.1 Å². The van der Waals surface area contributed by atoms with Crippen LogP contribution in [0.4, 0.5) is 0 Å². The molecule has 1 aliphatic rings. The molecule has 1 aromatic heterocycles. The number of ether oxygens (including phenoxy) is 1. The molecule has 0 amide bonds. The summed E-state index contributed by atoms with van der Waals surface area (Å²) in [6, 6.07) is 13.7. The Balaban J connectivity index is 1.64. The van der Waals surface area contributed by atoms with Crippen molar-refractivity contribution in [1.82, 2.24) is 4.98 Å². The number of hydrogen-bond donors (Lipinski definition) is 2. The number of benzene rings is 2. The summed E-state index contributed by atoms with van der Waals surface area (Å²) >= 11 is 0. The van der Waals surface area contributed by atoms with Crippen LogP contribution < -0.4 is 10.3 Å². The molecule has 1 atom stereocenters. The van der Waals surface area contributed by atoms with Gasteiger partial charge in [0.2, 0.25) is 0 Å². The number of carbonyl (C=O) groups is 1. The molecule has 1 unspecified atom stereocenters. The van der Waals surface area contributed by atoms with Gasteiger partial charge in [-0.25, -0.2) is 4.79 Å². The second-order valence-electron chi connectivity index (χ2n) is 7.83. The van der Waals surface area contributed by atoms with Gasteiger partial charge in [0, 0.05) is 28.6 Å². The van der Waals surface area contributed by atoms with E-state index in [0.717, 1.165) is 42.7 Å². The zero-order valence-electron chi connectivity index (χ0n) is 17.0. The van der Waals surface area contributed by atoms with E-state index in [9.17, 15) is 9.59 Å². The van der Waals surface area contributed by atoms with E-state index in [-0.39, 0.29) is 11.4 Å². The normalized spacial score (nSPS) is 15.9. The monoisotopic (exact) mass is 391 g/mol. The number of aromatic nitrogens is 1. The topological polar surface area (TPSA) is 63.6 Å². The summed E-state index contributed by atoms with van der Waals surface area (Å²) in [6.45, 7) is 6.90. The van der Waals surface area contributed by atoms with Crippen molar-refractivity contribution in [3.05, 3.63) is 80.6 Å². The fourth-order valence-corrected chi connectivity index (χ4v) is 4.11. The van der Waals surface area contributed by atoms with Crippen LogP contribution in [0.2, 0.25) is 0 Å². The lowest BCUT2D eigenvalue weighted by molar-refractivity contribution is -0.929. The summed E-state index contributed by atoms with van der Waals surface area (Å²) in [7, 11) is 0. The van der Waals surface area contributed by atoms with Gasteiger partial charge in [0.25, 0.3) is 0 Å². The summed E-state index contributed by atoms with van der Waals surface area (Å²) < 4.78 is 5.22. The average molecular weight is 391 g/mol. The number of fused-ring (bicyclic) bond motifs is 2. The van der Waals surface area contributed by atoms with E-state index in [0.29, 0.717) is 24.1 Å². The maximum absolute atomic E-state index is 13.3. The molecule has 0 fully saturated rings. The van der Waals surface area contributed by atoms with Crippen molar-refractivity contribution in [3.63, 3.8) is 0 Å². The molecule has 0 bridgehead atoms. The second kappa shape index (κ2) is 8.21. The van der Waals surface area contributed by atoms with Crippen LogP contribution in [0.25, 0.3) is 10.9 Å². The molecule has 0 aliphatic carbocycles. The molecule has 2 aromatic carbocycles. The van der Waals surface area contributed by atoms with Gasteiger partial charge < -0.3 is 14.6 Å². The number of H-pyrrole nitrogens is 1.